The van der Waals surface area contributed by atoms with Crippen molar-refractivity contribution in [2.24, 2.45) is 23.2 Å². The second kappa shape index (κ2) is 6.01. The SMILES string of the molecule is CC(C)c1c(OC2CC2)ccc2c1CCC1C2CCC2(C)C(C)CCC12. The third kappa shape index (κ3) is 2.49. The summed E-state index contributed by atoms with van der Waals surface area (Å²) < 4.78 is 6.32. The molecule has 1 nitrogen and oxygen atoms in total. The Kier molecular flexibility index (Phi) is 3.96. The van der Waals surface area contributed by atoms with Crippen molar-refractivity contribution in [1.82, 2.24) is 0 Å². The molecule has 0 radical (unpaired) electrons. The Morgan fingerprint density at radius 2 is 1.85 bits per heavy atom. The lowest BCUT2D eigenvalue weighted by Crippen LogP contribution is -2.42. The summed E-state index contributed by atoms with van der Waals surface area (Å²) in [5, 5.41) is 0. The van der Waals surface area contributed by atoms with Gasteiger partial charge in [0.15, 0.2) is 0 Å². The predicted octanol–water partition coefficient (Wildman–Crippen LogP) is 6.84. The molecule has 142 valence electrons. The highest BCUT2D eigenvalue weighted by atomic mass is 16.5. The summed E-state index contributed by atoms with van der Waals surface area (Å²) in [5.41, 5.74) is 5.54. The average molecular weight is 353 g/mol. The molecule has 0 saturated heterocycles. The van der Waals surface area contributed by atoms with Gasteiger partial charge in [-0.15, -0.1) is 0 Å². The molecule has 3 fully saturated rings. The lowest BCUT2D eigenvalue weighted by molar-refractivity contribution is 0.0335. The standard InChI is InChI=1S/C25H36O/c1-15(2)24-21-9-8-20-19(13-14-25(4)16(3)5-11-22(20)25)18(21)10-12-23(24)26-17-6-7-17/h10,12,15-17,19-20,22H,5-9,11,13-14H2,1-4H3. The van der Waals surface area contributed by atoms with E-state index >= 15 is 0 Å². The van der Waals surface area contributed by atoms with Gasteiger partial charge in [-0.3, -0.25) is 0 Å². The molecule has 0 heterocycles. The quantitative estimate of drug-likeness (QED) is 0.578. The maximum absolute atomic E-state index is 6.32. The Bertz CT molecular complexity index is 700. The maximum atomic E-state index is 6.32. The summed E-state index contributed by atoms with van der Waals surface area (Å²) in [7, 11) is 0. The van der Waals surface area contributed by atoms with Gasteiger partial charge in [0.25, 0.3) is 0 Å². The fourth-order valence-corrected chi connectivity index (χ4v) is 7.04. The third-order valence-electron chi connectivity index (χ3n) is 8.79. The minimum atomic E-state index is 0.497. The van der Waals surface area contributed by atoms with Crippen molar-refractivity contribution in [1.29, 1.82) is 0 Å². The van der Waals surface area contributed by atoms with Gasteiger partial charge in [-0.1, -0.05) is 33.8 Å². The Morgan fingerprint density at radius 1 is 1.04 bits per heavy atom. The molecule has 1 heteroatoms. The number of ether oxygens (including phenoxy) is 1. The van der Waals surface area contributed by atoms with Crippen molar-refractivity contribution in [3.05, 3.63) is 28.8 Å². The highest BCUT2D eigenvalue weighted by Crippen LogP contribution is 2.63. The van der Waals surface area contributed by atoms with Gasteiger partial charge in [-0.2, -0.15) is 0 Å². The first-order valence-corrected chi connectivity index (χ1v) is 11.3. The van der Waals surface area contributed by atoms with E-state index in [0.29, 0.717) is 17.4 Å². The largest absolute Gasteiger partial charge is 0.490 e. The molecule has 5 rings (SSSR count). The van der Waals surface area contributed by atoms with E-state index in [1.807, 2.05) is 0 Å². The van der Waals surface area contributed by atoms with Crippen LogP contribution in [0.3, 0.4) is 0 Å². The van der Waals surface area contributed by atoms with Crippen LogP contribution in [0.2, 0.25) is 0 Å². The zero-order valence-corrected chi connectivity index (χ0v) is 17.2. The van der Waals surface area contributed by atoms with Crippen LogP contribution in [-0.2, 0) is 6.42 Å². The molecule has 5 atom stereocenters. The van der Waals surface area contributed by atoms with E-state index in [0.717, 1.165) is 23.7 Å². The number of hydrogen-bond donors (Lipinski definition) is 0. The molecule has 0 bridgehead atoms. The molecule has 26 heavy (non-hydrogen) atoms. The average Bonchev–Trinajstić information content (AvgIpc) is 3.37. The van der Waals surface area contributed by atoms with Crippen molar-refractivity contribution < 1.29 is 4.74 Å². The van der Waals surface area contributed by atoms with Crippen LogP contribution in [0.15, 0.2) is 12.1 Å². The van der Waals surface area contributed by atoms with Crippen molar-refractivity contribution in [3.63, 3.8) is 0 Å². The minimum Gasteiger partial charge on any atom is -0.490 e. The molecular formula is C25H36O. The molecule has 1 aromatic carbocycles. The van der Waals surface area contributed by atoms with E-state index in [1.54, 1.807) is 16.7 Å². The lowest BCUT2D eigenvalue weighted by atomic mass is 9.54. The Labute approximate surface area is 159 Å². The summed E-state index contributed by atoms with van der Waals surface area (Å²) in [4.78, 5) is 0. The molecule has 1 aromatic rings. The molecule has 3 saturated carbocycles. The third-order valence-corrected chi connectivity index (χ3v) is 8.79. The van der Waals surface area contributed by atoms with Crippen LogP contribution in [0.1, 0.15) is 101 Å². The van der Waals surface area contributed by atoms with E-state index in [-0.39, 0.29) is 0 Å². The fourth-order valence-electron chi connectivity index (χ4n) is 7.04. The monoisotopic (exact) mass is 352 g/mol. The summed E-state index contributed by atoms with van der Waals surface area (Å²) in [5.74, 6) is 5.41. The first-order valence-electron chi connectivity index (χ1n) is 11.3. The highest BCUT2D eigenvalue weighted by molar-refractivity contribution is 5.50. The van der Waals surface area contributed by atoms with Crippen LogP contribution in [-0.4, -0.2) is 6.10 Å². The van der Waals surface area contributed by atoms with Gasteiger partial charge in [-0.25, -0.2) is 0 Å². The van der Waals surface area contributed by atoms with Crippen molar-refractivity contribution in [2.45, 2.75) is 97.0 Å². The van der Waals surface area contributed by atoms with Gasteiger partial charge >= 0.3 is 0 Å². The van der Waals surface area contributed by atoms with Crippen LogP contribution < -0.4 is 4.74 Å². The molecule has 4 aliphatic rings. The summed E-state index contributed by atoms with van der Waals surface area (Å²) >= 11 is 0. The number of fused-ring (bicyclic) bond motifs is 5. The van der Waals surface area contributed by atoms with Crippen molar-refractivity contribution in [2.75, 3.05) is 0 Å². The minimum absolute atomic E-state index is 0.497. The summed E-state index contributed by atoms with van der Waals surface area (Å²) in [6, 6.07) is 4.80. The van der Waals surface area contributed by atoms with Crippen LogP contribution >= 0.6 is 0 Å². The molecule has 0 aromatic heterocycles. The fraction of sp³-hybridized carbons (Fsp3) is 0.760. The molecule has 5 unspecified atom stereocenters. The van der Waals surface area contributed by atoms with Gasteiger partial charge in [0.05, 0.1) is 6.10 Å². The van der Waals surface area contributed by atoms with Gasteiger partial charge in [-0.05, 0) is 104 Å². The van der Waals surface area contributed by atoms with Crippen molar-refractivity contribution in [3.8, 4) is 5.75 Å². The van der Waals surface area contributed by atoms with Crippen LogP contribution in [0.4, 0.5) is 0 Å². The molecule has 0 N–H and O–H groups in total. The number of benzene rings is 1. The van der Waals surface area contributed by atoms with Crippen LogP contribution in [0.5, 0.6) is 5.75 Å². The molecule has 0 amide bonds. The summed E-state index contributed by atoms with van der Waals surface area (Å²) in [6.07, 6.45) is 11.5. The smallest absolute Gasteiger partial charge is 0.123 e. The predicted molar refractivity (Wildman–Crippen MR) is 108 cm³/mol. The molecule has 4 aliphatic carbocycles. The van der Waals surface area contributed by atoms with Crippen molar-refractivity contribution >= 4 is 0 Å². The molecule has 0 aliphatic heterocycles. The van der Waals surface area contributed by atoms with Gasteiger partial charge in [0.1, 0.15) is 5.75 Å². The number of hydrogen-bond acceptors (Lipinski definition) is 1. The Hall–Kier alpha value is -0.980. The van der Waals surface area contributed by atoms with Gasteiger partial charge in [0.2, 0.25) is 0 Å². The highest BCUT2D eigenvalue weighted by Gasteiger charge is 2.53. The molecule has 0 spiro atoms. The first-order chi connectivity index (χ1) is 12.5. The first kappa shape index (κ1) is 17.1. The Balaban J connectivity index is 1.52. The van der Waals surface area contributed by atoms with E-state index in [4.69, 9.17) is 4.74 Å². The van der Waals surface area contributed by atoms with Gasteiger partial charge in [0, 0.05) is 5.56 Å². The van der Waals surface area contributed by atoms with Crippen LogP contribution in [0, 0.1) is 23.2 Å². The second-order valence-electron chi connectivity index (χ2n) is 10.5. The maximum Gasteiger partial charge on any atom is 0.123 e. The van der Waals surface area contributed by atoms with E-state index < -0.39 is 0 Å². The van der Waals surface area contributed by atoms with E-state index in [1.165, 1.54) is 57.1 Å². The van der Waals surface area contributed by atoms with Gasteiger partial charge < -0.3 is 4.74 Å². The van der Waals surface area contributed by atoms with E-state index in [9.17, 15) is 0 Å². The topological polar surface area (TPSA) is 9.23 Å². The zero-order valence-electron chi connectivity index (χ0n) is 17.2. The Morgan fingerprint density at radius 3 is 2.58 bits per heavy atom. The normalized spacial score (nSPS) is 38.7. The zero-order chi connectivity index (χ0) is 18.1. The molecular weight excluding hydrogens is 316 g/mol. The van der Waals surface area contributed by atoms with E-state index in [2.05, 4.69) is 39.8 Å². The summed E-state index contributed by atoms with van der Waals surface area (Å²) in [6.45, 7) is 9.86. The lowest BCUT2D eigenvalue weighted by Gasteiger charge is -2.51. The second-order valence-corrected chi connectivity index (χ2v) is 10.5. The number of rotatable bonds is 3. The van der Waals surface area contributed by atoms with Crippen LogP contribution in [0.25, 0.3) is 0 Å².